The van der Waals surface area contributed by atoms with Crippen LogP contribution in [0, 0.1) is 22.9 Å². The van der Waals surface area contributed by atoms with Gasteiger partial charge < -0.3 is 10.1 Å². The van der Waals surface area contributed by atoms with Crippen LogP contribution in [-0.2, 0) is 4.79 Å². The second-order valence-electron chi connectivity index (χ2n) is 6.31. The van der Waals surface area contributed by atoms with Gasteiger partial charge in [-0.2, -0.15) is 0 Å². The summed E-state index contributed by atoms with van der Waals surface area (Å²) in [7, 11) is 0. The average Bonchev–Trinajstić information content (AvgIpc) is 2.56. The number of nitro groups is 1. The van der Waals surface area contributed by atoms with Crippen molar-refractivity contribution in [2.45, 2.75) is 39.7 Å². The van der Waals surface area contributed by atoms with E-state index in [-0.39, 0.29) is 11.7 Å². The number of anilines is 1. The van der Waals surface area contributed by atoms with Crippen LogP contribution in [-0.4, -0.2) is 16.9 Å². The van der Waals surface area contributed by atoms with Crippen LogP contribution in [0.25, 0.3) is 0 Å². The predicted molar refractivity (Wildman–Crippen MR) is 97.0 cm³/mol. The molecule has 0 bridgehead atoms. The van der Waals surface area contributed by atoms with E-state index in [2.05, 4.69) is 5.32 Å². The van der Waals surface area contributed by atoms with Crippen LogP contribution in [0.15, 0.2) is 36.4 Å². The molecule has 0 aliphatic rings. The molecule has 1 N–H and O–H groups in total. The number of nitrogens with zero attached hydrogens (tertiary/aromatic N) is 1. The molecule has 1 atom stereocenters. The van der Waals surface area contributed by atoms with Gasteiger partial charge in [0.25, 0.3) is 5.91 Å². The molecule has 6 nitrogen and oxygen atoms in total. The standard InChI is InChI=1S/C19H21FN2O4/c1-11(2)15-7-5-6-12(3)18(15)21-19(23)13(4)26-17-10-14(20)8-9-16(17)22(24)25/h5-11,13H,1-4H3,(H,21,23)/t13-/m1/s1. The van der Waals surface area contributed by atoms with Crippen LogP contribution in [0.4, 0.5) is 15.8 Å². The minimum absolute atomic E-state index is 0.200. The Bertz CT molecular complexity index is 836. The minimum atomic E-state index is -1.05. The van der Waals surface area contributed by atoms with E-state index in [0.29, 0.717) is 5.69 Å². The van der Waals surface area contributed by atoms with Gasteiger partial charge in [0.1, 0.15) is 5.82 Å². The Labute approximate surface area is 151 Å². The average molecular weight is 360 g/mol. The summed E-state index contributed by atoms with van der Waals surface area (Å²) >= 11 is 0. The Morgan fingerprint density at radius 3 is 2.54 bits per heavy atom. The molecule has 0 aliphatic carbocycles. The van der Waals surface area contributed by atoms with Gasteiger partial charge in [0.15, 0.2) is 6.10 Å². The lowest BCUT2D eigenvalue weighted by atomic mass is 9.98. The molecule has 0 saturated heterocycles. The molecule has 0 saturated carbocycles. The van der Waals surface area contributed by atoms with Gasteiger partial charge in [0.2, 0.25) is 5.75 Å². The van der Waals surface area contributed by atoms with Crippen LogP contribution in [0.3, 0.4) is 0 Å². The van der Waals surface area contributed by atoms with E-state index >= 15 is 0 Å². The van der Waals surface area contributed by atoms with Crippen molar-refractivity contribution in [3.05, 3.63) is 63.5 Å². The number of nitro benzene ring substituents is 1. The first-order valence-corrected chi connectivity index (χ1v) is 8.21. The highest BCUT2D eigenvalue weighted by Crippen LogP contribution is 2.30. The zero-order valence-electron chi connectivity index (χ0n) is 15.1. The van der Waals surface area contributed by atoms with Crippen LogP contribution in [0.5, 0.6) is 5.75 Å². The molecule has 138 valence electrons. The molecule has 26 heavy (non-hydrogen) atoms. The van der Waals surface area contributed by atoms with Gasteiger partial charge in [-0.05, 0) is 37.0 Å². The van der Waals surface area contributed by atoms with Gasteiger partial charge in [-0.15, -0.1) is 0 Å². The van der Waals surface area contributed by atoms with Crippen LogP contribution in [0.1, 0.15) is 37.8 Å². The number of hydrogen-bond donors (Lipinski definition) is 1. The van der Waals surface area contributed by atoms with E-state index in [1.807, 2.05) is 39.0 Å². The number of aryl methyl sites for hydroxylation is 1. The molecule has 0 fully saturated rings. The van der Waals surface area contributed by atoms with Crippen molar-refractivity contribution < 1.29 is 18.8 Å². The third kappa shape index (κ3) is 4.36. The fourth-order valence-electron chi connectivity index (χ4n) is 2.54. The third-order valence-corrected chi connectivity index (χ3v) is 3.97. The zero-order chi connectivity index (χ0) is 19.4. The van der Waals surface area contributed by atoms with Gasteiger partial charge in [-0.3, -0.25) is 14.9 Å². The van der Waals surface area contributed by atoms with Crippen LogP contribution < -0.4 is 10.1 Å². The van der Waals surface area contributed by atoms with Crippen molar-refractivity contribution >= 4 is 17.3 Å². The van der Waals surface area contributed by atoms with Gasteiger partial charge >= 0.3 is 5.69 Å². The summed E-state index contributed by atoms with van der Waals surface area (Å²) in [5.41, 5.74) is 2.16. The second-order valence-corrected chi connectivity index (χ2v) is 6.31. The number of amides is 1. The number of carbonyl (C=O) groups excluding carboxylic acids is 1. The highest BCUT2D eigenvalue weighted by atomic mass is 19.1. The molecule has 2 aromatic carbocycles. The smallest absolute Gasteiger partial charge is 0.311 e. The SMILES string of the molecule is Cc1cccc(C(C)C)c1NC(=O)[C@@H](C)Oc1cc(F)ccc1[N+](=O)[O-]. The summed E-state index contributed by atoms with van der Waals surface area (Å²) < 4.78 is 18.8. The van der Waals surface area contributed by atoms with Crippen molar-refractivity contribution in [2.75, 3.05) is 5.32 Å². The Morgan fingerprint density at radius 2 is 1.92 bits per heavy atom. The summed E-state index contributed by atoms with van der Waals surface area (Å²) in [5, 5.41) is 13.9. The molecule has 0 spiro atoms. The molecular formula is C19H21FN2O4. The lowest BCUT2D eigenvalue weighted by molar-refractivity contribution is -0.386. The predicted octanol–water partition coefficient (Wildman–Crippen LogP) is 4.57. The Balaban J connectivity index is 2.22. The maximum Gasteiger partial charge on any atom is 0.311 e. The molecule has 7 heteroatoms. The first-order valence-electron chi connectivity index (χ1n) is 8.21. The quantitative estimate of drug-likeness (QED) is 0.604. The first-order chi connectivity index (χ1) is 12.2. The third-order valence-electron chi connectivity index (χ3n) is 3.97. The summed E-state index contributed by atoms with van der Waals surface area (Å²) in [6.07, 6.45) is -1.05. The number of hydrogen-bond acceptors (Lipinski definition) is 4. The Kier molecular flexibility index (Phi) is 5.92. The lowest BCUT2D eigenvalue weighted by Gasteiger charge is -2.19. The number of ether oxygens (including phenoxy) is 1. The van der Waals surface area contributed by atoms with Crippen molar-refractivity contribution in [3.8, 4) is 5.75 Å². The van der Waals surface area contributed by atoms with Gasteiger partial charge in [0, 0.05) is 17.8 Å². The first kappa shape index (κ1) is 19.4. The number of carbonyl (C=O) groups is 1. The van der Waals surface area contributed by atoms with E-state index < -0.39 is 28.4 Å². The summed E-state index contributed by atoms with van der Waals surface area (Å²) in [5.74, 6) is -1.24. The fraction of sp³-hybridized carbons (Fsp3) is 0.316. The zero-order valence-corrected chi connectivity index (χ0v) is 15.1. The van der Waals surface area contributed by atoms with Crippen molar-refractivity contribution in [2.24, 2.45) is 0 Å². The van der Waals surface area contributed by atoms with E-state index in [1.165, 1.54) is 6.92 Å². The summed E-state index contributed by atoms with van der Waals surface area (Å²) in [6, 6.07) is 8.59. The van der Waals surface area contributed by atoms with Gasteiger partial charge in [0.05, 0.1) is 4.92 Å². The van der Waals surface area contributed by atoms with Crippen molar-refractivity contribution in [1.29, 1.82) is 0 Å². The number of benzene rings is 2. The molecule has 0 aromatic heterocycles. The van der Waals surface area contributed by atoms with E-state index in [4.69, 9.17) is 4.74 Å². The highest BCUT2D eigenvalue weighted by molar-refractivity contribution is 5.95. The molecule has 0 aliphatic heterocycles. The molecular weight excluding hydrogens is 339 g/mol. The molecule has 2 rings (SSSR count). The topological polar surface area (TPSA) is 81.5 Å². The Morgan fingerprint density at radius 1 is 1.23 bits per heavy atom. The molecule has 1 amide bonds. The van der Waals surface area contributed by atoms with E-state index in [1.54, 1.807) is 0 Å². The maximum atomic E-state index is 13.4. The van der Waals surface area contributed by atoms with Gasteiger partial charge in [-0.1, -0.05) is 32.0 Å². The minimum Gasteiger partial charge on any atom is -0.474 e. The molecule has 0 unspecified atom stereocenters. The van der Waals surface area contributed by atoms with Crippen molar-refractivity contribution in [1.82, 2.24) is 0 Å². The van der Waals surface area contributed by atoms with E-state index in [9.17, 15) is 19.3 Å². The fourth-order valence-corrected chi connectivity index (χ4v) is 2.54. The summed E-state index contributed by atoms with van der Waals surface area (Å²) in [4.78, 5) is 22.9. The molecule has 2 aromatic rings. The second kappa shape index (κ2) is 7.95. The van der Waals surface area contributed by atoms with Gasteiger partial charge in [-0.25, -0.2) is 4.39 Å². The monoisotopic (exact) mass is 360 g/mol. The Hall–Kier alpha value is -2.96. The lowest BCUT2D eigenvalue weighted by Crippen LogP contribution is -2.31. The number of nitrogens with one attached hydrogen (secondary N) is 1. The normalized spacial score (nSPS) is 11.9. The van der Waals surface area contributed by atoms with Crippen LogP contribution in [0.2, 0.25) is 0 Å². The molecule has 0 radical (unpaired) electrons. The number of para-hydroxylation sites is 1. The largest absolute Gasteiger partial charge is 0.474 e. The maximum absolute atomic E-state index is 13.4. The van der Waals surface area contributed by atoms with Crippen LogP contribution >= 0.6 is 0 Å². The molecule has 0 heterocycles. The summed E-state index contributed by atoms with van der Waals surface area (Å²) in [6.45, 7) is 7.36. The number of halogens is 1. The highest BCUT2D eigenvalue weighted by Gasteiger charge is 2.23. The van der Waals surface area contributed by atoms with Crippen molar-refractivity contribution in [3.63, 3.8) is 0 Å². The van der Waals surface area contributed by atoms with E-state index in [0.717, 1.165) is 29.3 Å². The number of rotatable bonds is 6.